The molecule has 0 heterocycles. The average molecular weight is 388 g/mol. The maximum atomic E-state index is 12.2. The van der Waals surface area contributed by atoms with Crippen LogP contribution in [0.2, 0.25) is 0 Å². The van der Waals surface area contributed by atoms with Gasteiger partial charge in [0.1, 0.15) is 5.69 Å². The SMILES string of the molecule is CCSc1ccccc1C(=O)OCC(=O)Nc1cc(C)c(C)cc1[N+](=O)[O-]. The first-order valence-electron chi connectivity index (χ1n) is 8.28. The maximum absolute atomic E-state index is 12.2. The summed E-state index contributed by atoms with van der Waals surface area (Å²) in [6.45, 7) is 4.98. The number of ether oxygens (including phenoxy) is 1. The molecule has 0 aliphatic heterocycles. The van der Waals surface area contributed by atoms with Gasteiger partial charge in [0, 0.05) is 11.0 Å². The number of benzene rings is 2. The Labute approximate surface area is 161 Å². The van der Waals surface area contributed by atoms with Crippen LogP contribution in [0, 0.1) is 24.0 Å². The fourth-order valence-electron chi connectivity index (χ4n) is 2.36. The number of esters is 1. The lowest BCUT2D eigenvalue weighted by molar-refractivity contribution is -0.384. The van der Waals surface area contributed by atoms with E-state index >= 15 is 0 Å². The van der Waals surface area contributed by atoms with Crippen LogP contribution in [0.1, 0.15) is 28.4 Å². The molecular formula is C19H20N2O5S. The lowest BCUT2D eigenvalue weighted by Gasteiger charge is -2.10. The lowest BCUT2D eigenvalue weighted by Crippen LogP contribution is -2.21. The van der Waals surface area contributed by atoms with Gasteiger partial charge < -0.3 is 10.1 Å². The van der Waals surface area contributed by atoms with Crippen LogP contribution in [-0.4, -0.2) is 29.2 Å². The smallest absolute Gasteiger partial charge is 0.339 e. The molecule has 0 spiro atoms. The second-order valence-electron chi connectivity index (χ2n) is 5.76. The predicted octanol–water partition coefficient (Wildman–Crippen LogP) is 4.12. The second-order valence-corrected chi connectivity index (χ2v) is 7.07. The number of aryl methyl sites for hydroxylation is 2. The molecule has 27 heavy (non-hydrogen) atoms. The summed E-state index contributed by atoms with van der Waals surface area (Å²) in [5.74, 6) is -0.465. The zero-order valence-electron chi connectivity index (χ0n) is 15.3. The van der Waals surface area contributed by atoms with Crippen LogP contribution in [0.15, 0.2) is 41.3 Å². The standard InChI is InChI=1S/C19H20N2O5S/c1-4-27-17-8-6-5-7-14(17)19(23)26-11-18(22)20-15-9-12(2)13(3)10-16(15)21(24)25/h5-10H,4,11H2,1-3H3,(H,20,22). The Bertz CT molecular complexity index is 882. The molecule has 0 atom stereocenters. The van der Waals surface area contributed by atoms with Gasteiger partial charge >= 0.3 is 5.97 Å². The van der Waals surface area contributed by atoms with Crippen LogP contribution in [0.25, 0.3) is 0 Å². The van der Waals surface area contributed by atoms with Gasteiger partial charge in [-0.1, -0.05) is 19.1 Å². The predicted molar refractivity (Wildman–Crippen MR) is 104 cm³/mol. The molecule has 0 bridgehead atoms. The van der Waals surface area contributed by atoms with Gasteiger partial charge in [0.15, 0.2) is 6.61 Å². The van der Waals surface area contributed by atoms with E-state index < -0.39 is 23.4 Å². The third kappa shape index (κ3) is 5.30. The van der Waals surface area contributed by atoms with E-state index in [2.05, 4.69) is 5.32 Å². The minimum absolute atomic E-state index is 0.0751. The number of nitrogens with one attached hydrogen (secondary N) is 1. The molecule has 0 aromatic heterocycles. The molecule has 0 saturated carbocycles. The molecule has 0 fully saturated rings. The normalized spacial score (nSPS) is 10.3. The molecule has 1 N–H and O–H groups in total. The molecule has 1 amide bonds. The van der Waals surface area contributed by atoms with Gasteiger partial charge in [-0.25, -0.2) is 4.79 Å². The van der Waals surface area contributed by atoms with Crippen molar-refractivity contribution in [3.8, 4) is 0 Å². The fraction of sp³-hybridized carbons (Fsp3) is 0.263. The third-order valence-electron chi connectivity index (χ3n) is 3.82. The summed E-state index contributed by atoms with van der Waals surface area (Å²) in [5, 5.41) is 13.6. The number of carbonyl (C=O) groups is 2. The van der Waals surface area contributed by atoms with Crippen LogP contribution in [0.4, 0.5) is 11.4 Å². The van der Waals surface area contributed by atoms with Crippen molar-refractivity contribution in [3.05, 3.63) is 63.2 Å². The van der Waals surface area contributed by atoms with Crippen LogP contribution >= 0.6 is 11.8 Å². The van der Waals surface area contributed by atoms with Gasteiger partial charge in [0.2, 0.25) is 0 Å². The number of hydrogen-bond donors (Lipinski definition) is 1. The van der Waals surface area contributed by atoms with E-state index in [4.69, 9.17) is 4.74 Å². The van der Waals surface area contributed by atoms with Gasteiger partial charge in [0.25, 0.3) is 11.6 Å². The molecular weight excluding hydrogens is 368 g/mol. The molecule has 8 heteroatoms. The van der Waals surface area contributed by atoms with Gasteiger partial charge in [-0.3, -0.25) is 14.9 Å². The van der Waals surface area contributed by atoms with Crippen molar-refractivity contribution in [1.29, 1.82) is 0 Å². The Hall–Kier alpha value is -2.87. The van der Waals surface area contributed by atoms with Gasteiger partial charge in [-0.15, -0.1) is 11.8 Å². The van der Waals surface area contributed by atoms with Crippen LogP contribution in [0.3, 0.4) is 0 Å². The summed E-state index contributed by atoms with van der Waals surface area (Å²) in [6.07, 6.45) is 0. The molecule has 142 valence electrons. The quantitative estimate of drug-likeness (QED) is 0.332. The highest BCUT2D eigenvalue weighted by atomic mass is 32.2. The van der Waals surface area contributed by atoms with Crippen molar-refractivity contribution >= 4 is 35.0 Å². The second kappa shape index (κ2) is 9.18. The Morgan fingerprint density at radius 2 is 1.85 bits per heavy atom. The van der Waals surface area contributed by atoms with Crippen LogP contribution in [0.5, 0.6) is 0 Å². The van der Waals surface area contributed by atoms with E-state index in [9.17, 15) is 19.7 Å². The first-order chi connectivity index (χ1) is 12.8. The van der Waals surface area contributed by atoms with Crippen molar-refractivity contribution in [2.24, 2.45) is 0 Å². The maximum Gasteiger partial charge on any atom is 0.339 e. The molecule has 0 saturated heterocycles. The topological polar surface area (TPSA) is 98.5 Å². The lowest BCUT2D eigenvalue weighted by atomic mass is 10.1. The molecule has 0 unspecified atom stereocenters. The summed E-state index contributed by atoms with van der Waals surface area (Å²) in [6, 6.07) is 9.90. The summed E-state index contributed by atoms with van der Waals surface area (Å²) < 4.78 is 5.07. The van der Waals surface area contributed by atoms with Crippen molar-refractivity contribution in [1.82, 2.24) is 0 Å². The number of anilines is 1. The Kier molecular flexibility index (Phi) is 6.95. The Balaban J connectivity index is 2.06. The highest BCUT2D eigenvalue weighted by Gasteiger charge is 2.19. The molecule has 7 nitrogen and oxygen atoms in total. The average Bonchev–Trinajstić information content (AvgIpc) is 2.63. The van der Waals surface area contributed by atoms with E-state index in [1.807, 2.05) is 19.1 Å². The number of thioether (sulfide) groups is 1. The van der Waals surface area contributed by atoms with Crippen LogP contribution < -0.4 is 5.32 Å². The first-order valence-corrected chi connectivity index (χ1v) is 9.26. The van der Waals surface area contributed by atoms with Crippen molar-refractivity contribution < 1.29 is 19.2 Å². The van der Waals surface area contributed by atoms with E-state index in [1.165, 1.54) is 23.9 Å². The van der Waals surface area contributed by atoms with Crippen molar-refractivity contribution in [2.75, 3.05) is 17.7 Å². The monoisotopic (exact) mass is 388 g/mol. The molecule has 2 aromatic rings. The number of rotatable bonds is 7. The highest BCUT2D eigenvalue weighted by molar-refractivity contribution is 7.99. The zero-order chi connectivity index (χ0) is 20.0. The fourth-order valence-corrected chi connectivity index (χ4v) is 3.16. The largest absolute Gasteiger partial charge is 0.452 e. The summed E-state index contributed by atoms with van der Waals surface area (Å²) in [5.41, 5.74) is 1.80. The highest BCUT2D eigenvalue weighted by Crippen LogP contribution is 2.28. The summed E-state index contributed by atoms with van der Waals surface area (Å²) in [7, 11) is 0. The number of nitro groups is 1. The number of hydrogen-bond acceptors (Lipinski definition) is 6. The van der Waals surface area contributed by atoms with E-state index in [-0.39, 0.29) is 11.4 Å². The van der Waals surface area contributed by atoms with Crippen molar-refractivity contribution in [2.45, 2.75) is 25.7 Å². The van der Waals surface area contributed by atoms with Gasteiger partial charge in [0.05, 0.1) is 10.5 Å². The summed E-state index contributed by atoms with van der Waals surface area (Å²) >= 11 is 1.50. The molecule has 0 aliphatic rings. The zero-order valence-corrected chi connectivity index (χ0v) is 16.1. The molecule has 0 aliphatic carbocycles. The minimum atomic E-state index is -0.643. The summed E-state index contributed by atoms with van der Waals surface area (Å²) in [4.78, 5) is 35.8. The Morgan fingerprint density at radius 1 is 1.19 bits per heavy atom. The minimum Gasteiger partial charge on any atom is -0.452 e. The molecule has 0 radical (unpaired) electrons. The third-order valence-corrected chi connectivity index (χ3v) is 4.78. The van der Waals surface area contributed by atoms with E-state index in [1.54, 1.807) is 26.0 Å². The van der Waals surface area contributed by atoms with E-state index in [0.717, 1.165) is 21.8 Å². The van der Waals surface area contributed by atoms with Gasteiger partial charge in [-0.2, -0.15) is 0 Å². The number of amides is 1. The van der Waals surface area contributed by atoms with Crippen molar-refractivity contribution in [3.63, 3.8) is 0 Å². The first kappa shape index (κ1) is 20.4. The Morgan fingerprint density at radius 3 is 2.52 bits per heavy atom. The van der Waals surface area contributed by atoms with Gasteiger partial charge in [-0.05, 0) is 48.9 Å². The van der Waals surface area contributed by atoms with Crippen LogP contribution in [-0.2, 0) is 9.53 Å². The molecule has 2 rings (SSSR count). The van der Waals surface area contributed by atoms with E-state index in [0.29, 0.717) is 5.56 Å². The number of nitrogens with zero attached hydrogens (tertiary/aromatic N) is 1. The number of nitro benzene ring substituents is 1. The number of carbonyl (C=O) groups excluding carboxylic acids is 2. The molecule has 2 aromatic carbocycles.